The van der Waals surface area contributed by atoms with E-state index in [4.69, 9.17) is 4.74 Å². The van der Waals surface area contributed by atoms with Crippen LogP contribution >= 0.6 is 0 Å². The lowest BCUT2D eigenvalue weighted by molar-refractivity contribution is -0.384. The number of fused-ring (bicyclic) bond motifs is 1. The number of benzene rings is 2. The van der Waals surface area contributed by atoms with Crippen LogP contribution in [0.4, 0.5) is 15.8 Å². The van der Waals surface area contributed by atoms with E-state index in [1.54, 1.807) is 42.6 Å². The van der Waals surface area contributed by atoms with Crippen LogP contribution in [0.15, 0.2) is 54.7 Å². The molecule has 8 heteroatoms. The van der Waals surface area contributed by atoms with Crippen molar-refractivity contribution >= 4 is 28.2 Å². The molecule has 30 heavy (non-hydrogen) atoms. The molecule has 7 nitrogen and oxygen atoms in total. The van der Waals surface area contributed by atoms with E-state index < -0.39 is 4.92 Å². The Kier molecular flexibility index (Phi) is 5.56. The zero-order chi connectivity index (χ0) is 21.1. The summed E-state index contributed by atoms with van der Waals surface area (Å²) in [5, 5.41) is 11.6. The summed E-state index contributed by atoms with van der Waals surface area (Å²) in [7, 11) is 0. The number of halogens is 1. The van der Waals surface area contributed by atoms with Crippen LogP contribution < -0.4 is 4.90 Å². The van der Waals surface area contributed by atoms with Crippen LogP contribution in [0.2, 0.25) is 0 Å². The molecule has 0 N–H and O–H groups in total. The molecule has 1 aliphatic heterocycles. The minimum absolute atomic E-state index is 0.0248. The van der Waals surface area contributed by atoms with Gasteiger partial charge in [0.15, 0.2) is 0 Å². The van der Waals surface area contributed by atoms with E-state index in [1.165, 1.54) is 12.1 Å². The van der Waals surface area contributed by atoms with Crippen LogP contribution in [0.25, 0.3) is 10.9 Å². The normalized spacial score (nSPS) is 14.6. The van der Waals surface area contributed by atoms with Gasteiger partial charge in [0.1, 0.15) is 18.1 Å². The molecule has 0 bridgehead atoms. The second kappa shape index (κ2) is 8.44. The Morgan fingerprint density at radius 1 is 1.17 bits per heavy atom. The molecule has 1 fully saturated rings. The molecule has 2 aromatic carbocycles. The Balaban J connectivity index is 1.38. The first-order valence-electron chi connectivity index (χ1n) is 9.71. The van der Waals surface area contributed by atoms with E-state index in [1.807, 2.05) is 4.90 Å². The van der Waals surface area contributed by atoms with Crippen molar-refractivity contribution < 1.29 is 18.8 Å². The number of aromatic nitrogens is 1. The summed E-state index contributed by atoms with van der Waals surface area (Å²) in [4.78, 5) is 29.5. The van der Waals surface area contributed by atoms with Crippen molar-refractivity contribution in [2.45, 2.75) is 19.4 Å². The number of carbonyl (C=O) groups is 1. The van der Waals surface area contributed by atoms with E-state index in [0.29, 0.717) is 48.1 Å². The molecule has 0 radical (unpaired) electrons. The van der Waals surface area contributed by atoms with Crippen LogP contribution in [-0.2, 0) is 16.1 Å². The highest BCUT2D eigenvalue weighted by Crippen LogP contribution is 2.31. The number of nitro benzene ring substituents is 1. The van der Waals surface area contributed by atoms with Crippen LogP contribution in [-0.4, -0.2) is 29.0 Å². The highest BCUT2D eigenvalue weighted by atomic mass is 19.1. The average molecular weight is 409 g/mol. The number of para-hydroxylation sites is 2. The maximum atomic E-state index is 13.9. The number of nitro groups is 1. The highest BCUT2D eigenvalue weighted by molar-refractivity contribution is 5.82. The topological polar surface area (TPSA) is 85.6 Å². The van der Waals surface area contributed by atoms with Gasteiger partial charge in [-0.05, 0) is 37.1 Å². The zero-order valence-corrected chi connectivity index (χ0v) is 16.2. The van der Waals surface area contributed by atoms with Gasteiger partial charge in [0.05, 0.1) is 16.4 Å². The molecule has 0 aliphatic carbocycles. The van der Waals surface area contributed by atoms with Gasteiger partial charge in [-0.2, -0.15) is 0 Å². The molecule has 2 heterocycles. The number of pyridine rings is 1. The van der Waals surface area contributed by atoms with E-state index in [0.717, 1.165) is 0 Å². The molecular formula is C22H20FN3O4. The Labute approximate surface area is 172 Å². The molecule has 0 saturated carbocycles. The standard InChI is InChI=1S/C22H20FN3O4/c23-18-8-7-16(21-17(18)4-3-11-24-21)14-30-22(27)15-9-12-25(13-10-15)19-5-1-2-6-20(19)26(28)29/h1-8,11,15H,9-10,12-14H2. The third-order valence-corrected chi connectivity index (χ3v) is 5.42. The van der Waals surface area contributed by atoms with Gasteiger partial charge in [-0.25, -0.2) is 4.39 Å². The number of hydrogen-bond acceptors (Lipinski definition) is 6. The smallest absolute Gasteiger partial charge is 0.309 e. The van der Waals surface area contributed by atoms with Gasteiger partial charge < -0.3 is 9.64 Å². The van der Waals surface area contributed by atoms with Crippen LogP contribution in [0, 0.1) is 21.8 Å². The number of carbonyl (C=O) groups excluding carboxylic acids is 1. The maximum absolute atomic E-state index is 13.9. The Morgan fingerprint density at radius 3 is 2.70 bits per heavy atom. The van der Waals surface area contributed by atoms with Crippen molar-refractivity contribution in [3.05, 3.63) is 76.2 Å². The van der Waals surface area contributed by atoms with Gasteiger partial charge in [-0.3, -0.25) is 19.9 Å². The SMILES string of the molecule is O=C(OCc1ccc(F)c2cccnc12)C1CCN(c2ccccc2[N+](=O)[O-])CC1. The second-order valence-electron chi connectivity index (χ2n) is 7.22. The number of piperidine rings is 1. The lowest BCUT2D eigenvalue weighted by Gasteiger charge is -2.32. The number of esters is 1. The van der Waals surface area contributed by atoms with Gasteiger partial charge in [0, 0.05) is 36.3 Å². The number of ether oxygens (including phenoxy) is 1. The maximum Gasteiger partial charge on any atom is 0.309 e. The monoisotopic (exact) mass is 409 g/mol. The molecule has 0 amide bonds. The highest BCUT2D eigenvalue weighted by Gasteiger charge is 2.29. The lowest BCUT2D eigenvalue weighted by atomic mass is 9.96. The molecule has 1 aliphatic rings. The van der Waals surface area contributed by atoms with E-state index in [-0.39, 0.29) is 30.0 Å². The van der Waals surface area contributed by atoms with Crippen molar-refractivity contribution in [3.8, 4) is 0 Å². The fourth-order valence-electron chi connectivity index (χ4n) is 3.82. The molecule has 3 aromatic rings. The van der Waals surface area contributed by atoms with Crippen molar-refractivity contribution in [1.82, 2.24) is 4.98 Å². The quantitative estimate of drug-likeness (QED) is 0.356. The van der Waals surface area contributed by atoms with Crippen LogP contribution in [0.5, 0.6) is 0 Å². The first kappa shape index (κ1) is 19.8. The molecule has 4 rings (SSSR count). The molecule has 1 saturated heterocycles. The van der Waals surface area contributed by atoms with Crippen LogP contribution in [0.1, 0.15) is 18.4 Å². The Hall–Kier alpha value is -3.55. The first-order chi connectivity index (χ1) is 14.5. The number of nitrogens with zero attached hydrogens (tertiary/aromatic N) is 3. The average Bonchev–Trinajstić information content (AvgIpc) is 2.79. The Morgan fingerprint density at radius 2 is 1.93 bits per heavy atom. The van der Waals surface area contributed by atoms with Gasteiger partial charge >= 0.3 is 5.97 Å². The van der Waals surface area contributed by atoms with E-state index in [9.17, 15) is 19.3 Å². The minimum Gasteiger partial charge on any atom is -0.461 e. The van der Waals surface area contributed by atoms with Crippen LogP contribution in [0.3, 0.4) is 0 Å². The van der Waals surface area contributed by atoms with Crippen molar-refractivity contribution in [3.63, 3.8) is 0 Å². The summed E-state index contributed by atoms with van der Waals surface area (Å²) in [6, 6.07) is 12.8. The third-order valence-electron chi connectivity index (χ3n) is 5.42. The number of hydrogen-bond donors (Lipinski definition) is 0. The number of rotatable bonds is 5. The van der Waals surface area contributed by atoms with Gasteiger partial charge in [-0.1, -0.05) is 18.2 Å². The molecule has 1 aromatic heterocycles. The third kappa shape index (κ3) is 3.94. The zero-order valence-electron chi connectivity index (χ0n) is 16.2. The summed E-state index contributed by atoms with van der Waals surface area (Å²) >= 11 is 0. The summed E-state index contributed by atoms with van der Waals surface area (Å²) in [6.45, 7) is 1.09. The minimum atomic E-state index is -0.392. The predicted octanol–water partition coefficient (Wildman–Crippen LogP) is 4.24. The summed E-state index contributed by atoms with van der Waals surface area (Å²) in [6.07, 6.45) is 2.67. The van der Waals surface area contributed by atoms with Crippen molar-refractivity contribution in [2.24, 2.45) is 5.92 Å². The van der Waals surface area contributed by atoms with Gasteiger partial charge in [0.2, 0.25) is 0 Å². The lowest BCUT2D eigenvalue weighted by Crippen LogP contribution is -2.37. The molecule has 0 unspecified atom stereocenters. The van der Waals surface area contributed by atoms with E-state index in [2.05, 4.69) is 4.98 Å². The predicted molar refractivity (Wildman–Crippen MR) is 110 cm³/mol. The Bertz CT molecular complexity index is 1100. The van der Waals surface area contributed by atoms with Crippen molar-refractivity contribution in [2.75, 3.05) is 18.0 Å². The van der Waals surface area contributed by atoms with E-state index >= 15 is 0 Å². The van der Waals surface area contributed by atoms with Gasteiger partial charge in [0.25, 0.3) is 5.69 Å². The first-order valence-corrected chi connectivity index (χ1v) is 9.71. The fraction of sp³-hybridized carbons (Fsp3) is 0.273. The molecule has 154 valence electrons. The number of anilines is 1. The largest absolute Gasteiger partial charge is 0.461 e. The second-order valence-corrected chi connectivity index (χ2v) is 7.22. The molecular weight excluding hydrogens is 389 g/mol. The summed E-state index contributed by atoms with van der Waals surface area (Å²) < 4.78 is 19.4. The molecule has 0 atom stereocenters. The molecule has 0 spiro atoms. The summed E-state index contributed by atoms with van der Waals surface area (Å²) in [5.74, 6) is -0.954. The fourth-order valence-corrected chi connectivity index (χ4v) is 3.82. The van der Waals surface area contributed by atoms with Crippen molar-refractivity contribution in [1.29, 1.82) is 0 Å². The summed E-state index contributed by atoms with van der Waals surface area (Å²) in [5.41, 5.74) is 1.77. The van der Waals surface area contributed by atoms with Gasteiger partial charge in [-0.15, -0.1) is 0 Å².